The van der Waals surface area contributed by atoms with Gasteiger partial charge >= 0.3 is 0 Å². The number of hydrogen-bond acceptors (Lipinski definition) is 2. The van der Waals surface area contributed by atoms with Gasteiger partial charge in [0.25, 0.3) is 5.91 Å². The van der Waals surface area contributed by atoms with Gasteiger partial charge in [0.05, 0.1) is 6.54 Å². The molecule has 0 atom stereocenters. The van der Waals surface area contributed by atoms with Gasteiger partial charge in [-0.2, -0.15) is 0 Å². The van der Waals surface area contributed by atoms with Crippen molar-refractivity contribution in [1.29, 1.82) is 0 Å². The lowest BCUT2D eigenvalue weighted by Gasteiger charge is -2.23. The van der Waals surface area contributed by atoms with E-state index in [2.05, 4.69) is 31.2 Å². The first-order valence-corrected chi connectivity index (χ1v) is 9.13. The highest BCUT2D eigenvalue weighted by molar-refractivity contribution is 14.0. The molecule has 0 bridgehead atoms. The number of carbonyl (C=O) groups excluding carboxylic acids is 1. The quantitative estimate of drug-likeness (QED) is 0.379. The number of nitrogens with zero attached hydrogens (tertiary/aromatic N) is 3. The predicted octanol–water partition coefficient (Wildman–Crippen LogP) is 3.38. The molecule has 0 spiro atoms. The summed E-state index contributed by atoms with van der Waals surface area (Å²) in [6.45, 7) is 7.28. The van der Waals surface area contributed by atoms with Crippen LogP contribution in [0.2, 0.25) is 0 Å². The van der Waals surface area contributed by atoms with E-state index in [1.54, 1.807) is 7.05 Å². The molecule has 0 saturated carbocycles. The molecule has 0 radical (unpaired) electrons. The van der Waals surface area contributed by atoms with Crippen LogP contribution in [-0.4, -0.2) is 41.0 Å². The van der Waals surface area contributed by atoms with Gasteiger partial charge < -0.3 is 20.1 Å². The smallest absolute Gasteiger partial charge is 0.251 e. The topological polar surface area (TPSA) is 61.7 Å². The van der Waals surface area contributed by atoms with Gasteiger partial charge in [-0.15, -0.1) is 24.0 Å². The third-order valence-corrected chi connectivity index (χ3v) is 4.15. The van der Waals surface area contributed by atoms with Crippen molar-refractivity contribution < 1.29 is 4.79 Å². The normalized spacial score (nSPS) is 11.6. The molecule has 0 saturated heterocycles. The molecule has 7 heteroatoms. The predicted molar refractivity (Wildman–Crippen MR) is 126 cm³/mol. The molecule has 2 N–H and O–H groups in total. The van der Waals surface area contributed by atoms with Gasteiger partial charge in [0, 0.05) is 50.7 Å². The average Bonchev–Trinajstić information content (AvgIpc) is 2.99. The standard InChI is InChI=1S/C21H31N5O.HI/c1-21(2,3)24-19(27)17-10-7-9-16(13-17)14-23-20(22-4)26(6)15-18-11-8-12-25(18)5;/h7-13H,14-15H2,1-6H3,(H,22,23)(H,24,27);1H. The summed E-state index contributed by atoms with van der Waals surface area (Å²) in [5, 5.41) is 6.36. The third kappa shape index (κ3) is 7.18. The lowest BCUT2D eigenvalue weighted by atomic mass is 10.1. The van der Waals surface area contributed by atoms with Crippen molar-refractivity contribution in [2.45, 2.75) is 39.4 Å². The second kappa shape index (κ2) is 10.5. The van der Waals surface area contributed by atoms with E-state index in [0.717, 1.165) is 18.1 Å². The van der Waals surface area contributed by atoms with Gasteiger partial charge in [0.1, 0.15) is 0 Å². The Morgan fingerprint density at radius 1 is 1.21 bits per heavy atom. The fourth-order valence-electron chi connectivity index (χ4n) is 2.78. The number of rotatable bonds is 5. The molecule has 28 heavy (non-hydrogen) atoms. The molecule has 1 amide bonds. The minimum absolute atomic E-state index is 0. The number of guanidine groups is 1. The zero-order valence-corrected chi connectivity index (χ0v) is 19.9. The Morgan fingerprint density at radius 3 is 2.50 bits per heavy atom. The summed E-state index contributed by atoms with van der Waals surface area (Å²) in [7, 11) is 5.82. The largest absolute Gasteiger partial charge is 0.353 e. The minimum atomic E-state index is -0.257. The maximum absolute atomic E-state index is 12.4. The van der Waals surface area contributed by atoms with Crippen molar-refractivity contribution >= 4 is 35.8 Å². The van der Waals surface area contributed by atoms with Crippen LogP contribution in [0.4, 0.5) is 0 Å². The van der Waals surface area contributed by atoms with E-state index in [9.17, 15) is 4.79 Å². The maximum atomic E-state index is 12.4. The molecule has 0 aliphatic carbocycles. The van der Waals surface area contributed by atoms with Gasteiger partial charge in [0.15, 0.2) is 5.96 Å². The Bertz CT molecular complexity index is 807. The molecule has 0 unspecified atom stereocenters. The molecule has 0 fully saturated rings. The lowest BCUT2D eigenvalue weighted by Crippen LogP contribution is -2.40. The number of nitrogens with one attached hydrogen (secondary N) is 2. The van der Waals surface area contributed by atoms with E-state index < -0.39 is 0 Å². The zero-order valence-electron chi connectivity index (χ0n) is 17.6. The van der Waals surface area contributed by atoms with E-state index in [1.165, 1.54) is 5.69 Å². The van der Waals surface area contributed by atoms with Crippen LogP contribution >= 0.6 is 24.0 Å². The van der Waals surface area contributed by atoms with Crippen molar-refractivity contribution in [1.82, 2.24) is 20.1 Å². The van der Waals surface area contributed by atoms with Gasteiger partial charge in [-0.05, 0) is 50.6 Å². The number of benzene rings is 1. The molecular weight excluding hydrogens is 465 g/mol. The summed E-state index contributed by atoms with van der Waals surface area (Å²) in [6.07, 6.45) is 2.04. The number of halogens is 1. The second-order valence-corrected chi connectivity index (χ2v) is 7.77. The Balaban J connectivity index is 0.00000392. The number of amides is 1. The third-order valence-electron chi connectivity index (χ3n) is 4.15. The second-order valence-electron chi connectivity index (χ2n) is 7.77. The number of aryl methyl sites for hydroxylation is 1. The van der Waals surface area contributed by atoms with Crippen molar-refractivity contribution in [2.24, 2.45) is 12.0 Å². The number of carbonyl (C=O) groups is 1. The van der Waals surface area contributed by atoms with Gasteiger partial charge in [-0.3, -0.25) is 9.79 Å². The Kier molecular flexibility index (Phi) is 9.00. The van der Waals surface area contributed by atoms with Crippen LogP contribution in [0, 0.1) is 0 Å². The molecule has 1 heterocycles. The Hall–Kier alpha value is -2.03. The van der Waals surface area contributed by atoms with E-state index in [1.807, 2.05) is 71.4 Å². The first-order valence-electron chi connectivity index (χ1n) is 9.13. The van der Waals surface area contributed by atoms with E-state index in [0.29, 0.717) is 12.1 Å². The maximum Gasteiger partial charge on any atom is 0.251 e. The highest BCUT2D eigenvalue weighted by Gasteiger charge is 2.15. The zero-order chi connectivity index (χ0) is 20.0. The van der Waals surface area contributed by atoms with Crippen molar-refractivity contribution in [3.63, 3.8) is 0 Å². The van der Waals surface area contributed by atoms with E-state index in [4.69, 9.17) is 0 Å². The summed E-state index contributed by atoms with van der Waals surface area (Å²) >= 11 is 0. The molecule has 0 aliphatic rings. The highest BCUT2D eigenvalue weighted by Crippen LogP contribution is 2.09. The Labute approximate surface area is 185 Å². The van der Waals surface area contributed by atoms with Crippen LogP contribution in [0.5, 0.6) is 0 Å². The molecule has 154 valence electrons. The lowest BCUT2D eigenvalue weighted by molar-refractivity contribution is 0.0919. The summed E-state index contributed by atoms with van der Waals surface area (Å²) in [5.41, 5.74) is 2.65. The summed E-state index contributed by atoms with van der Waals surface area (Å²) in [6, 6.07) is 11.8. The molecule has 0 aliphatic heterocycles. The molecule has 2 rings (SSSR count). The summed E-state index contributed by atoms with van der Waals surface area (Å²) in [5.74, 6) is 0.746. The molecule has 1 aromatic heterocycles. The number of hydrogen-bond donors (Lipinski definition) is 2. The Morgan fingerprint density at radius 2 is 1.93 bits per heavy atom. The first-order chi connectivity index (χ1) is 12.7. The fourth-order valence-corrected chi connectivity index (χ4v) is 2.78. The summed E-state index contributed by atoms with van der Waals surface area (Å²) in [4.78, 5) is 18.8. The van der Waals surface area contributed by atoms with E-state index in [-0.39, 0.29) is 35.4 Å². The van der Waals surface area contributed by atoms with Crippen LogP contribution in [0.15, 0.2) is 47.6 Å². The minimum Gasteiger partial charge on any atom is -0.353 e. The molecule has 1 aromatic carbocycles. The van der Waals surface area contributed by atoms with E-state index >= 15 is 0 Å². The number of aromatic nitrogens is 1. The van der Waals surface area contributed by atoms with Crippen LogP contribution in [-0.2, 0) is 20.1 Å². The number of aliphatic imine (C=N–C) groups is 1. The van der Waals surface area contributed by atoms with Gasteiger partial charge in [0.2, 0.25) is 0 Å². The molecule has 2 aromatic rings. The SMILES string of the molecule is CN=C(NCc1cccc(C(=O)NC(C)(C)C)c1)N(C)Cc1cccn1C.I. The van der Waals surface area contributed by atoms with Crippen LogP contribution < -0.4 is 10.6 Å². The van der Waals surface area contributed by atoms with Crippen LogP contribution in [0.1, 0.15) is 42.4 Å². The van der Waals surface area contributed by atoms with Crippen LogP contribution in [0.25, 0.3) is 0 Å². The highest BCUT2D eigenvalue weighted by atomic mass is 127. The van der Waals surface area contributed by atoms with Crippen molar-refractivity contribution in [2.75, 3.05) is 14.1 Å². The van der Waals surface area contributed by atoms with Gasteiger partial charge in [-0.1, -0.05) is 12.1 Å². The summed E-state index contributed by atoms with van der Waals surface area (Å²) < 4.78 is 2.10. The van der Waals surface area contributed by atoms with Crippen LogP contribution in [0.3, 0.4) is 0 Å². The molecular formula is C21H32IN5O. The monoisotopic (exact) mass is 497 g/mol. The van der Waals surface area contributed by atoms with Crippen molar-refractivity contribution in [3.05, 3.63) is 59.4 Å². The fraction of sp³-hybridized carbons (Fsp3) is 0.429. The first kappa shape index (κ1) is 24.0. The van der Waals surface area contributed by atoms with Crippen molar-refractivity contribution in [3.8, 4) is 0 Å². The van der Waals surface area contributed by atoms with Gasteiger partial charge in [-0.25, -0.2) is 0 Å². The average molecular weight is 497 g/mol. The molecule has 6 nitrogen and oxygen atoms in total.